The van der Waals surface area contributed by atoms with Crippen molar-refractivity contribution in [2.24, 2.45) is 0 Å². The second kappa shape index (κ2) is 10.6. The van der Waals surface area contributed by atoms with E-state index in [4.69, 9.17) is 0 Å². The second-order valence-electron chi connectivity index (χ2n) is 6.66. The normalized spacial score (nSPS) is 10.1. The molecule has 0 fully saturated rings. The van der Waals surface area contributed by atoms with E-state index in [9.17, 15) is 0 Å². The molecule has 1 heteroatoms. The van der Waals surface area contributed by atoms with E-state index in [1.165, 1.54) is 39.3 Å². The van der Waals surface area contributed by atoms with Crippen LogP contribution in [0.3, 0.4) is 0 Å². The fraction of sp³-hybridized carbons (Fsp3) is 0.111. The number of hydrogen-bond donors (Lipinski definition) is 0. The number of benzene rings is 4. The highest BCUT2D eigenvalue weighted by atomic mass is 31.1. The molecule has 0 spiro atoms. The van der Waals surface area contributed by atoms with Crippen molar-refractivity contribution < 1.29 is 0 Å². The Morgan fingerprint density at radius 2 is 0.786 bits per heavy atom. The van der Waals surface area contributed by atoms with Crippen LogP contribution in [0.4, 0.5) is 0 Å². The summed E-state index contributed by atoms with van der Waals surface area (Å²) >= 11 is 0. The number of hydrogen-bond acceptors (Lipinski definition) is 0. The predicted molar refractivity (Wildman–Crippen MR) is 127 cm³/mol. The van der Waals surface area contributed by atoms with Gasteiger partial charge in [-0.25, -0.2) is 0 Å². The molecule has 0 saturated carbocycles. The summed E-state index contributed by atoms with van der Waals surface area (Å²) in [4.78, 5) is 0. The highest BCUT2D eigenvalue weighted by Gasteiger charge is 2.09. The maximum absolute atomic E-state index is 2.25. The minimum atomic E-state index is 0.625. The van der Waals surface area contributed by atoms with E-state index < -0.39 is 0 Å². The average Bonchev–Trinajstić information content (AvgIpc) is 2.76. The van der Waals surface area contributed by atoms with Gasteiger partial charge in [0.2, 0.25) is 0 Å². The van der Waals surface area contributed by atoms with Gasteiger partial charge in [0, 0.05) is 0 Å². The van der Waals surface area contributed by atoms with Crippen molar-refractivity contribution in [3.05, 3.63) is 109 Å². The quantitative estimate of drug-likeness (QED) is 0.331. The van der Waals surface area contributed by atoms with Gasteiger partial charge in [-0.05, 0) is 32.9 Å². The molecule has 0 nitrogen and oxygen atoms in total. The lowest BCUT2D eigenvalue weighted by Gasteiger charge is -2.13. The zero-order valence-corrected chi connectivity index (χ0v) is 17.6. The molecular formula is C27H27P. The first kappa shape index (κ1) is 20.1. The SMILES string of the molecule is CCC.c1ccc(-c2ccccc2Pc2ccccc2-c2ccccc2)cc1. The van der Waals surface area contributed by atoms with Crippen LogP contribution >= 0.6 is 8.58 Å². The lowest BCUT2D eigenvalue weighted by atomic mass is 10.1. The van der Waals surface area contributed by atoms with Crippen molar-refractivity contribution in [1.29, 1.82) is 0 Å². The van der Waals surface area contributed by atoms with Crippen LogP contribution in [0, 0.1) is 0 Å². The molecule has 0 N–H and O–H groups in total. The Bertz CT molecular complexity index is 894. The van der Waals surface area contributed by atoms with E-state index in [1.54, 1.807) is 0 Å². The molecule has 0 radical (unpaired) electrons. The van der Waals surface area contributed by atoms with Gasteiger partial charge in [-0.3, -0.25) is 0 Å². The van der Waals surface area contributed by atoms with Gasteiger partial charge < -0.3 is 0 Å². The summed E-state index contributed by atoms with van der Waals surface area (Å²) in [6.45, 7) is 4.25. The van der Waals surface area contributed by atoms with Crippen LogP contribution < -0.4 is 10.6 Å². The lowest BCUT2D eigenvalue weighted by molar-refractivity contribution is 1.09. The Balaban J connectivity index is 0.000000706. The number of rotatable bonds is 4. The molecule has 140 valence electrons. The van der Waals surface area contributed by atoms with Crippen molar-refractivity contribution >= 4 is 19.2 Å². The van der Waals surface area contributed by atoms with E-state index >= 15 is 0 Å². The van der Waals surface area contributed by atoms with E-state index in [0.29, 0.717) is 8.58 Å². The molecule has 0 amide bonds. The first-order valence-corrected chi connectivity index (χ1v) is 10.9. The highest BCUT2D eigenvalue weighted by molar-refractivity contribution is 7.56. The van der Waals surface area contributed by atoms with Gasteiger partial charge >= 0.3 is 0 Å². The van der Waals surface area contributed by atoms with E-state index in [1.807, 2.05) is 0 Å². The maximum atomic E-state index is 2.25. The maximum Gasteiger partial charge on any atom is -0.0106 e. The standard InChI is InChI=1S/C24H19P.C3H8/c1-3-11-19(12-4-1)21-15-7-9-17-23(21)25-24-18-10-8-16-22(24)20-13-5-2-6-14-20;1-3-2/h1-18,25H;3H2,1-2H3. The zero-order chi connectivity index (χ0) is 19.6. The summed E-state index contributed by atoms with van der Waals surface area (Å²) < 4.78 is 0. The third-order valence-corrected chi connectivity index (χ3v) is 5.70. The Morgan fingerprint density at radius 3 is 1.18 bits per heavy atom. The van der Waals surface area contributed by atoms with Gasteiger partial charge in [-0.1, -0.05) is 138 Å². The predicted octanol–water partition coefficient (Wildman–Crippen LogP) is 7.07. The molecule has 0 aliphatic rings. The first-order chi connectivity index (χ1) is 13.8. The van der Waals surface area contributed by atoms with E-state index in [2.05, 4.69) is 123 Å². The summed E-state index contributed by atoms with van der Waals surface area (Å²) in [5, 5.41) is 2.77. The largest absolute Gasteiger partial charge is 0.0656 e. The van der Waals surface area contributed by atoms with Crippen molar-refractivity contribution in [1.82, 2.24) is 0 Å². The Hall–Kier alpha value is -2.69. The molecule has 0 atom stereocenters. The van der Waals surface area contributed by atoms with Crippen LogP contribution in [0.5, 0.6) is 0 Å². The zero-order valence-electron chi connectivity index (χ0n) is 16.6. The first-order valence-electron chi connectivity index (χ1n) is 9.89. The van der Waals surface area contributed by atoms with Gasteiger partial charge in [0.1, 0.15) is 0 Å². The lowest BCUT2D eigenvalue weighted by Crippen LogP contribution is -2.08. The Labute approximate surface area is 171 Å². The van der Waals surface area contributed by atoms with Crippen molar-refractivity contribution in [2.45, 2.75) is 20.3 Å². The fourth-order valence-corrected chi connectivity index (χ4v) is 4.44. The molecular weight excluding hydrogens is 355 g/mol. The van der Waals surface area contributed by atoms with Crippen molar-refractivity contribution in [3.63, 3.8) is 0 Å². The smallest absolute Gasteiger partial charge is 0.0106 e. The molecule has 0 aliphatic carbocycles. The fourth-order valence-electron chi connectivity index (χ4n) is 3.07. The minimum absolute atomic E-state index is 0.625. The molecule has 4 rings (SSSR count). The molecule has 0 aromatic heterocycles. The molecule has 0 unspecified atom stereocenters. The van der Waals surface area contributed by atoms with Gasteiger partial charge in [0.15, 0.2) is 0 Å². The second-order valence-corrected chi connectivity index (χ2v) is 7.98. The molecule has 0 aliphatic heterocycles. The van der Waals surface area contributed by atoms with Crippen LogP contribution in [-0.4, -0.2) is 0 Å². The molecule has 0 saturated heterocycles. The third kappa shape index (κ3) is 5.18. The van der Waals surface area contributed by atoms with Gasteiger partial charge in [-0.15, -0.1) is 0 Å². The molecule has 4 aromatic rings. The van der Waals surface area contributed by atoms with E-state index in [-0.39, 0.29) is 0 Å². The van der Waals surface area contributed by atoms with Crippen molar-refractivity contribution in [2.75, 3.05) is 0 Å². The summed E-state index contributed by atoms with van der Waals surface area (Å²) in [6, 6.07) is 38.8. The monoisotopic (exact) mass is 382 g/mol. The molecule has 0 heterocycles. The Kier molecular flexibility index (Phi) is 7.59. The summed E-state index contributed by atoms with van der Waals surface area (Å²) in [5.41, 5.74) is 5.21. The van der Waals surface area contributed by atoms with Crippen LogP contribution in [0.15, 0.2) is 109 Å². The highest BCUT2D eigenvalue weighted by Crippen LogP contribution is 2.27. The topological polar surface area (TPSA) is 0 Å². The minimum Gasteiger partial charge on any atom is -0.0656 e. The Morgan fingerprint density at radius 1 is 0.464 bits per heavy atom. The van der Waals surface area contributed by atoms with Crippen LogP contribution in [0.25, 0.3) is 22.3 Å². The average molecular weight is 382 g/mol. The van der Waals surface area contributed by atoms with Crippen LogP contribution in [-0.2, 0) is 0 Å². The van der Waals surface area contributed by atoms with Crippen LogP contribution in [0.2, 0.25) is 0 Å². The summed E-state index contributed by atoms with van der Waals surface area (Å²) in [6.07, 6.45) is 1.25. The van der Waals surface area contributed by atoms with Crippen LogP contribution in [0.1, 0.15) is 20.3 Å². The van der Waals surface area contributed by atoms with Gasteiger partial charge in [-0.2, -0.15) is 0 Å². The van der Waals surface area contributed by atoms with Gasteiger partial charge in [0.25, 0.3) is 0 Å². The molecule has 0 bridgehead atoms. The summed E-state index contributed by atoms with van der Waals surface area (Å²) in [7, 11) is 0.625. The molecule has 28 heavy (non-hydrogen) atoms. The van der Waals surface area contributed by atoms with Crippen molar-refractivity contribution in [3.8, 4) is 22.3 Å². The summed E-state index contributed by atoms with van der Waals surface area (Å²) in [5.74, 6) is 0. The third-order valence-electron chi connectivity index (χ3n) is 4.29. The van der Waals surface area contributed by atoms with E-state index in [0.717, 1.165) is 0 Å². The van der Waals surface area contributed by atoms with Gasteiger partial charge in [0.05, 0.1) is 0 Å². The molecule has 4 aromatic carbocycles.